The van der Waals surface area contributed by atoms with E-state index >= 15 is 0 Å². The van der Waals surface area contributed by atoms with Crippen molar-refractivity contribution in [3.8, 4) is 0 Å². The van der Waals surface area contributed by atoms with Crippen molar-refractivity contribution in [2.45, 2.75) is 44.6 Å². The molecule has 176 valence electrons. The van der Waals surface area contributed by atoms with Crippen molar-refractivity contribution in [3.05, 3.63) is 64.7 Å². The number of imide groups is 1. The summed E-state index contributed by atoms with van der Waals surface area (Å²) in [5.41, 5.74) is 1.67. The van der Waals surface area contributed by atoms with Gasteiger partial charge in [-0.3, -0.25) is 14.5 Å². The maximum absolute atomic E-state index is 13.4. The zero-order chi connectivity index (χ0) is 23.9. The Morgan fingerprint density at radius 1 is 1.18 bits per heavy atom. The summed E-state index contributed by atoms with van der Waals surface area (Å²) in [6.45, 7) is 4.78. The third-order valence-corrected chi connectivity index (χ3v) is 8.18. The van der Waals surface area contributed by atoms with Gasteiger partial charge in [0.15, 0.2) is 0 Å². The van der Waals surface area contributed by atoms with E-state index in [1.807, 2.05) is 56.3 Å². The lowest BCUT2D eigenvalue weighted by atomic mass is 9.86. The van der Waals surface area contributed by atoms with Crippen LogP contribution >= 0.6 is 11.3 Å². The minimum Gasteiger partial charge on any atom is -0.340 e. The van der Waals surface area contributed by atoms with Gasteiger partial charge >= 0.3 is 6.03 Å². The maximum Gasteiger partial charge on any atom is 0.325 e. The minimum atomic E-state index is -1.13. The van der Waals surface area contributed by atoms with Gasteiger partial charge in [-0.1, -0.05) is 48.9 Å². The molecule has 0 radical (unpaired) electrons. The Hall–Kier alpha value is -3.26. The van der Waals surface area contributed by atoms with Gasteiger partial charge in [0.1, 0.15) is 12.1 Å². The lowest BCUT2D eigenvalue weighted by Crippen LogP contribution is -2.47. The number of para-hydroxylation sites is 1. The summed E-state index contributed by atoms with van der Waals surface area (Å²) in [6, 6.07) is 15.1. The highest BCUT2D eigenvalue weighted by molar-refractivity contribution is 7.18. The number of nitrogens with zero attached hydrogens (tertiary/aromatic N) is 3. The third-order valence-electron chi connectivity index (χ3n) is 6.98. The van der Waals surface area contributed by atoms with Crippen molar-refractivity contribution >= 4 is 39.4 Å². The number of carbonyl (C=O) groups is 3. The molecule has 2 aliphatic heterocycles. The minimum absolute atomic E-state index is 0.167. The summed E-state index contributed by atoms with van der Waals surface area (Å²) in [5, 5.41) is 3.91. The van der Waals surface area contributed by atoms with E-state index in [0.29, 0.717) is 19.5 Å². The molecule has 0 spiro atoms. The number of rotatable bonds is 5. The van der Waals surface area contributed by atoms with E-state index in [1.165, 1.54) is 0 Å². The second kappa shape index (κ2) is 8.83. The van der Waals surface area contributed by atoms with E-state index in [2.05, 4.69) is 11.4 Å². The second-order valence-corrected chi connectivity index (χ2v) is 10.2. The largest absolute Gasteiger partial charge is 0.340 e. The molecule has 5 rings (SSSR count). The smallest absolute Gasteiger partial charge is 0.325 e. The molecule has 2 aliphatic rings. The lowest BCUT2D eigenvalue weighted by Gasteiger charge is -2.32. The molecule has 3 aromatic rings. The van der Waals surface area contributed by atoms with Crippen LogP contribution in [0.2, 0.25) is 0 Å². The molecule has 2 aromatic carbocycles. The number of thiazole rings is 1. The number of amides is 4. The first-order chi connectivity index (χ1) is 16.4. The van der Waals surface area contributed by atoms with E-state index in [1.54, 1.807) is 16.2 Å². The summed E-state index contributed by atoms with van der Waals surface area (Å²) in [6.07, 6.45) is 2.25. The van der Waals surface area contributed by atoms with Crippen LogP contribution in [0.15, 0.2) is 48.5 Å². The Balaban J connectivity index is 1.31. The Bertz CT molecular complexity index is 1220. The third kappa shape index (κ3) is 3.86. The molecule has 4 amide bonds. The molecule has 7 nitrogen and oxygen atoms in total. The predicted molar refractivity (Wildman–Crippen MR) is 132 cm³/mol. The van der Waals surface area contributed by atoms with E-state index in [-0.39, 0.29) is 24.3 Å². The molecule has 1 aromatic heterocycles. The fourth-order valence-corrected chi connectivity index (χ4v) is 6.05. The van der Waals surface area contributed by atoms with Crippen LogP contribution in [0.3, 0.4) is 0 Å². The van der Waals surface area contributed by atoms with Gasteiger partial charge in [-0.25, -0.2) is 9.78 Å². The van der Waals surface area contributed by atoms with E-state index in [9.17, 15) is 14.4 Å². The standard InChI is InChI=1S/C26H28N4O3S/c1-3-26(19-12-10-17(2)11-13-19)24(32)30(25(33)28-26)16-22(31)29-14-6-7-18(15-29)23-27-20-8-4-5-9-21(20)34-23/h4-5,8-13,18H,3,6-7,14-16H2,1-2H3,(H,28,33)/t18-,26+/m1/s1. The van der Waals surface area contributed by atoms with Gasteiger partial charge in [0.05, 0.1) is 15.2 Å². The van der Waals surface area contributed by atoms with Crippen LogP contribution in [0.5, 0.6) is 0 Å². The number of urea groups is 1. The predicted octanol–water partition coefficient (Wildman–Crippen LogP) is 4.17. The number of carbonyl (C=O) groups excluding carboxylic acids is 3. The Morgan fingerprint density at radius 3 is 2.68 bits per heavy atom. The second-order valence-electron chi connectivity index (χ2n) is 9.15. The number of nitrogens with one attached hydrogen (secondary N) is 1. The van der Waals surface area contributed by atoms with E-state index in [0.717, 1.165) is 44.1 Å². The zero-order valence-electron chi connectivity index (χ0n) is 19.4. The maximum atomic E-state index is 13.4. The Labute approximate surface area is 202 Å². The summed E-state index contributed by atoms with van der Waals surface area (Å²) in [4.78, 5) is 47.1. The molecule has 0 saturated carbocycles. The number of hydrogen-bond acceptors (Lipinski definition) is 5. The topological polar surface area (TPSA) is 82.6 Å². The summed E-state index contributed by atoms with van der Waals surface area (Å²) in [7, 11) is 0. The highest BCUT2D eigenvalue weighted by Crippen LogP contribution is 2.34. The first-order valence-corrected chi connectivity index (χ1v) is 12.6. The molecule has 2 fully saturated rings. The number of aromatic nitrogens is 1. The average molecular weight is 477 g/mol. The van der Waals surface area contributed by atoms with Crippen molar-refractivity contribution in [1.82, 2.24) is 20.1 Å². The van der Waals surface area contributed by atoms with Gasteiger partial charge in [-0.05, 0) is 43.9 Å². The zero-order valence-corrected chi connectivity index (χ0v) is 20.2. The lowest BCUT2D eigenvalue weighted by molar-refractivity contribution is -0.140. The molecule has 3 heterocycles. The molecule has 0 bridgehead atoms. The van der Waals surface area contributed by atoms with E-state index in [4.69, 9.17) is 4.98 Å². The van der Waals surface area contributed by atoms with Gasteiger partial charge < -0.3 is 10.2 Å². The van der Waals surface area contributed by atoms with Crippen LogP contribution in [0, 0.1) is 6.92 Å². The molecule has 1 N–H and O–H groups in total. The van der Waals surface area contributed by atoms with Crippen LogP contribution in [-0.2, 0) is 15.1 Å². The number of piperidine rings is 1. The summed E-state index contributed by atoms with van der Waals surface area (Å²) >= 11 is 1.67. The van der Waals surface area contributed by atoms with Gasteiger partial charge in [0.25, 0.3) is 5.91 Å². The Morgan fingerprint density at radius 2 is 1.94 bits per heavy atom. The number of fused-ring (bicyclic) bond motifs is 1. The van der Waals surface area contributed by atoms with E-state index < -0.39 is 11.6 Å². The number of benzene rings is 2. The highest BCUT2D eigenvalue weighted by Gasteiger charge is 2.51. The fourth-order valence-electron chi connectivity index (χ4n) is 4.95. The first kappa shape index (κ1) is 22.5. The van der Waals surface area contributed by atoms with Crippen molar-refractivity contribution in [3.63, 3.8) is 0 Å². The SMILES string of the molecule is CC[C@@]1(c2ccc(C)cc2)NC(=O)N(CC(=O)N2CCC[C@@H](c3nc4ccccc4s3)C2)C1=O. The molecule has 0 aliphatic carbocycles. The molecule has 34 heavy (non-hydrogen) atoms. The van der Waals surface area contributed by atoms with Crippen molar-refractivity contribution in [1.29, 1.82) is 0 Å². The monoisotopic (exact) mass is 476 g/mol. The fraction of sp³-hybridized carbons (Fsp3) is 0.385. The first-order valence-electron chi connectivity index (χ1n) is 11.8. The van der Waals surface area contributed by atoms with Crippen LogP contribution < -0.4 is 5.32 Å². The molecule has 2 saturated heterocycles. The van der Waals surface area contributed by atoms with Crippen molar-refractivity contribution in [2.75, 3.05) is 19.6 Å². The Kier molecular flexibility index (Phi) is 5.85. The number of likely N-dealkylation sites (tertiary alicyclic amines) is 1. The normalized spacial score (nSPS) is 22.9. The molecular formula is C26H28N4O3S. The average Bonchev–Trinajstić information content (AvgIpc) is 3.40. The summed E-state index contributed by atoms with van der Waals surface area (Å²) < 4.78 is 1.15. The summed E-state index contributed by atoms with van der Waals surface area (Å²) in [5.74, 6) is -0.400. The van der Waals surface area contributed by atoms with Gasteiger partial charge in [0, 0.05) is 19.0 Å². The highest BCUT2D eigenvalue weighted by atomic mass is 32.1. The van der Waals surface area contributed by atoms with Crippen molar-refractivity contribution < 1.29 is 14.4 Å². The van der Waals surface area contributed by atoms with Crippen molar-refractivity contribution in [2.24, 2.45) is 0 Å². The van der Waals surface area contributed by atoms with Crippen LogP contribution in [0.4, 0.5) is 4.79 Å². The van der Waals surface area contributed by atoms with Gasteiger partial charge in [-0.15, -0.1) is 11.3 Å². The number of hydrogen-bond donors (Lipinski definition) is 1. The van der Waals surface area contributed by atoms with Gasteiger partial charge in [-0.2, -0.15) is 0 Å². The molecule has 2 atom stereocenters. The van der Waals surface area contributed by atoms with Crippen LogP contribution in [0.1, 0.15) is 48.2 Å². The molecule has 0 unspecified atom stereocenters. The van der Waals surface area contributed by atoms with Gasteiger partial charge in [0.2, 0.25) is 5.91 Å². The van der Waals surface area contributed by atoms with Crippen LogP contribution in [-0.4, -0.2) is 52.3 Å². The molecule has 8 heteroatoms. The number of aryl methyl sites for hydroxylation is 1. The quantitative estimate of drug-likeness (QED) is 0.561. The molecular weight excluding hydrogens is 448 g/mol. The van der Waals surface area contributed by atoms with Crippen LogP contribution in [0.25, 0.3) is 10.2 Å².